The summed E-state index contributed by atoms with van der Waals surface area (Å²) in [6, 6.07) is 17.0. The van der Waals surface area contributed by atoms with Gasteiger partial charge in [0.1, 0.15) is 5.84 Å². The van der Waals surface area contributed by atoms with Crippen LogP contribution in [0.25, 0.3) is 6.08 Å². The van der Waals surface area contributed by atoms with Gasteiger partial charge in [-0.25, -0.2) is 4.99 Å². The molecule has 2 aliphatic heterocycles. The molecule has 0 bridgehead atoms. The van der Waals surface area contributed by atoms with Gasteiger partial charge in [0.15, 0.2) is 0 Å². The van der Waals surface area contributed by atoms with Gasteiger partial charge < -0.3 is 10.6 Å². The molecule has 1 saturated heterocycles. The number of rotatable bonds is 1. The van der Waals surface area contributed by atoms with Crippen molar-refractivity contribution in [3.8, 4) is 0 Å². The van der Waals surface area contributed by atoms with Crippen molar-refractivity contribution in [2.75, 3.05) is 5.73 Å². The Hall–Kier alpha value is -2.55. The summed E-state index contributed by atoms with van der Waals surface area (Å²) in [6.45, 7) is 3.19. The van der Waals surface area contributed by atoms with Crippen molar-refractivity contribution in [1.82, 2.24) is 4.90 Å². The summed E-state index contributed by atoms with van der Waals surface area (Å²) in [5.41, 5.74) is 11.5. The van der Waals surface area contributed by atoms with Crippen molar-refractivity contribution >= 4 is 23.3 Å². The lowest BCUT2D eigenvalue weighted by atomic mass is 10.1. The van der Waals surface area contributed by atoms with E-state index in [2.05, 4.69) is 48.2 Å². The minimum absolute atomic E-state index is 0.486. The molecule has 2 aromatic carbocycles. The van der Waals surface area contributed by atoms with E-state index in [1.54, 1.807) is 0 Å². The highest BCUT2D eigenvalue weighted by molar-refractivity contribution is 6.06. The summed E-state index contributed by atoms with van der Waals surface area (Å²) in [5.74, 6) is 1.11. The van der Waals surface area contributed by atoms with Crippen LogP contribution in [0, 0.1) is 0 Å². The standard InChI is InChI=1S/C19H19N3/c1-13-9-16(10-14-5-3-2-4-6-14)19-21-18-11-17(20)8-7-15(18)12-22(13)19/h2-8,10-11,13H,9,12,20H2,1H3. The Morgan fingerprint density at radius 1 is 1.18 bits per heavy atom. The largest absolute Gasteiger partial charge is 0.399 e. The van der Waals surface area contributed by atoms with Crippen LogP contribution in [0.15, 0.2) is 59.1 Å². The fourth-order valence-electron chi connectivity index (χ4n) is 3.27. The SMILES string of the molecule is CC1CC(=Cc2ccccc2)C2=Nc3cc(N)ccc3CN21. The highest BCUT2D eigenvalue weighted by atomic mass is 15.2. The van der Waals surface area contributed by atoms with Crippen LogP contribution >= 0.6 is 0 Å². The number of anilines is 1. The predicted octanol–water partition coefficient (Wildman–Crippen LogP) is 3.99. The van der Waals surface area contributed by atoms with Gasteiger partial charge in [-0.3, -0.25) is 0 Å². The highest BCUT2D eigenvalue weighted by Gasteiger charge is 2.33. The minimum Gasteiger partial charge on any atom is -0.399 e. The molecule has 0 spiro atoms. The topological polar surface area (TPSA) is 41.6 Å². The molecule has 2 N–H and O–H groups in total. The highest BCUT2D eigenvalue weighted by Crippen LogP contribution is 2.37. The van der Waals surface area contributed by atoms with E-state index in [9.17, 15) is 0 Å². The predicted molar refractivity (Wildman–Crippen MR) is 92.0 cm³/mol. The molecule has 0 aliphatic carbocycles. The number of benzene rings is 2. The average molecular weight is 289 g/mol. The van der Waals surface area contributed by atoms with Gasteiger partial charge in [0.2, 0.25) is 0 Å². The molecular weight excluding hydrogens is 270 g/mol. The van der Waals surface area contributed by atoms with Gasteiger partial charge in [-0.2, -0.15) is 0 Å². The maximum atomic E-state index is 5.91. The van der Waals surface area contributed by atoms with E-state index in [-0.39, 0.29) is 0 Å². The van der Waals surface area contributed by atoms with Gasteiger partial charge in [-0.15, -0.1) is 0 Å². The summed E-state index contributed by atoms with van der Waals surface area (Å²) in [5, 5.41) is 0. The first kappa shape index (κ1) is 13.1. The summed E-state index contributed by atoms with van der Waals surface area (Å²) >= 11 is 0. The van der Waals surface area contributed by atoms with Crippen molar-refractivity contribution in [3.63, 3.8) is 0 Å². The van der Waals surface area contributed by atoms with E-state index in [4.69, 9.17) is 10.7 Å². The first-order valence-electron chi connectivity index (χ1n) is 7.70. The molecular formula is C19H19N3. The Morgan fingerprint density at radius 3 is 2.82 bits per heavy atom. The third kappa shape index (κ3) is 2.19. The zero-order valence-electron chi connectivity index (χ0n) is 12.7. The number of hydrogen-bond acceptors (Lipinski definition) is 3. The number of amidine groups is 1. The van der Waals surface area contributed by atoms with E-state index in [0.29, 0.717) is 6.04 Å². The van der Waals surface area contributed by atoms with Crippen molar-refractivity contribution in [2.24, 2.45) is 4.99 Å². The van der Waals surface area contributed by atoms with Crippen LogP contribution < -0.4 is 5.73 Å². The molecule has 3 heteroatoms. The Kier molecular flexibility index (Phi) is 3.00. The molecule has 2 heterocycles. The third-order valence-corrected chi connectivity index (χ3v) is 4.42. The van der Waals surface area contributed by atoms with E-state index < -0.39 is 0 Å². The van der Waals surface area contributed by atoms with Gasteiger partial charge in [0, 0.05) is 18.3 Å². The maximum Gasteiger partial charge on any atom is 0.133 e. The van der Waals surface area contributed by atoms with E-state index >= 15 is 0 Å². The van der Waals surface area contributed by atoms with Crippen LogP contribution in [0.3, 0.4) is 0 Å². The zero-order valence-corrected chi connectivity index (χ0v) is 12.7. The third-order valence-electron chi connectivity index (χ3n) is 4.42. The lowest BCUT2D eigenvalue weighted by Crippen LogP contribution is -2.32. The summed E-state index contributed by atoms with van der Waals surface area (Å²) in [7, 11) is 0. The number of nitrogens with zero attached hydrogens (tertiary/aromatic N) is 2. The molecule has 22 heavy (non-hydrogen) atoms. The Balaban J connectivity index is 1.79. The van der Waals surface area contributed by atoms with Gasteiger partial charge in [-0.05, 0) is 48.3 Å². The molecule has 1 unspecified atom stereocenters. The Morgan fingerprint density at radius 2 is 2.00 bits per heavy atom. The summed E-state index contributed by atoms with van der Waals surface area (Å²) < 4.78 is 0. The molecule has 1 fully saturated rings. The first-order valence-corrected chi connectivity index (χ1v) is 7.70. The van der Waals surface area contributed by atoms with Gasteiger partial charge in [0.05, 0.1) is 5.69 Å². The Bertz CT molecular complexity index is 775. The number of hydrogen-bond donors (Lipinski definition) is 1. The molecule has 2 aromatic rings. The maximum absolute atomic E-state index is 5.91. The van der Waals surface area contributed by atoms with Crippen molar-refractivity contribution in [3.05, 3.63) is 65.2 Å². The smallest absolute Gasteiger partial charge is 0.133 e. The number of fused-ring (bicyclic) bond motifs is 2. The number of aliphatic imine (C=N–C) groups is 1. The normalized spacial score (nSPS) is 21.5. The molecule has 0 radical (unpaired) electrons. The summed E-state index contributed by atoms with van der Waals surface area (Å²) in [6.07, 6.45) is 3.30. The second-order valence-electron chi connectivity index (χ2n) is 6.08. The second kappa shape index (κ2) is 5.02. The van der Waals surface area contributed by atoms with Crippen LogP contribution in [-0.2, 0) is 6.54 Å². The molecule has 0 amide bonds. The van der Waals surface area contributed by atoms with Gasteiger partial charge >= 0.3 is 0 Å². The van der Waals surface area contributed by atoms with Crippen molar-refractivity contribution in [2.45, 2.75) is 25.9 Å². The van der Waals surface area contributed by atoms with Crippen LogP contribution in [0.4, 0.5) is 11.4 Å². The molecule has 0 aromatic heterocycles. The molecule has 2 aliphatic rings. The van der Waals surface area contributed by atoms with Gasteiger partial charge in [-0.1, -0.05) is 36.4 Å². The lowest BCUT2D eigenvalue weighted by Gasteiger charge is -2.28. The van der Waals surface area contributed by atoms with Crippen LogP contribution in [0.1, 0.15) is 24.5 Å². The molecule has 3 nitrogen and oxygen atoms in total. The summed E-state index contributed by atoms with van der Waals surface area (Å²) in [4.78, 5) is 7.29. The quantitative estimate of drug-likeness (QED) is 0.806. The zero-order chi connectivity index (χ0) is 15.1. The number of nitrogen functional groups attached to an aromatic ring is 1. The lowest BCUT2D eigenvalue weighted by molar-refractivity contribution is 0.348. The van der Waals surface area contributed by atoms with Crippen LogP contribution in [0.2, 0.25) is 0 Å². The fourth-order valence-corrected chi connectivity index (χ4v) is 3.27. The van der Waals surface area contributed by atoms with Crippen molar-refractivity contribution in [1.29, 1.82) is 0 Å². The fraction of sp³-hybridized carbons (Fsp3) is 0.211. The molecule has 1 atom stereocenters. The Labute approximate surface area is 130 Å². The van der Waals surface area contributed by atoms with Crippen molar-refractivity contribution < 1.29 is 0 Å². The number of nitrogens with two attached hydrogens (primary N) is 1. The average Bonchev–Trinajstić information content (AvgIpc) is 2.82. The van der Waals surface area contributed by atoms with E-state index in [1.165, 1.54) is 16.7 Å². The molecule has 4 rings (SSSR count). The molecule has 110 valence electrons. The van der Waals surface area contributed by atoms with Gasteiger partial charge in [0.25, 0.3) is 0 Å². The monoisotopic (exact) mass is 289 g/mol. The molecule has 0 saturated carbocycles. The minimum atomic E-state index is 0.486. The second-order valence-corrected chi connectivity index (χ2v) is 6.08. The van der Waals surface area contributed by atoms with Crippen LogP contribution in [-0.4, -0.2) is 16.8 Å². The van der Waals surface area contributed by atoms with Crippen LogP contribution in [0.5, 0.6) is 0 Å². The van der Waals surface area contributed by atoms with E-state index in [0.717, 1.165) is 30.2 Å². The first-order chi connectivity index (χ1) is 10.7. The van der Waals surface area contributed by atoms with E-state index in [1.807, 2.05) is 18.2 Å².